The largest absolute Gasteiger partial charge is 0.397 e. The summed E-state index contributed by atoms with van der Waals surface area (Å²) < 4.78 is 1.06. The highest BCUT2D eigenvalue weighted by atomic mass is 79.9. The molecule has 14 heavy (non-hydrogen) atoms. The van der Waals surface area contributed by atoms with Gasteiger partial charge in [-0.1, -0.05) is 28.1 Å². The molecule has 1 heterocycles. The van der Waals surface area contributed by atoms with Crippen molar-refractivity contribution >= 4 is 21.6 Å². The zero-order valence-corrected chi connectivity index (χ0v) is 9.03. The van der Waals surface area contributed by atoms with E-state index in [0.717, 1.165) is 15.6 Å². The zero-order valence-electron chi connectivity index (χ0n) is 7.44. The zero-order chi connectivity index (χ0) is 9.97. The monoisotopic (exact) mass is 248 g/mol. The van der Waals surface area contributed by atoms with Crippen LogP contribution in [0.25, 0.3) is 11.1 Å². The first-order valence-corrected chi connectivity index (χ1v) is 5.02. The second-order valence-electron chi connectivity index (χ2n) is 2.97. The second kappa shape index (κ2) is 3.80. The van der Waals surface area contributed by atoms with Gasteiger partial charge in [0.2, 0.25) is 0 Å². The summed E-state index contributed by atoms with van der Waals surface area (Å²) in [5.41, 5.74) is 8.65. The summed E-state index contributed by atoms with van der Waals surface area (Å²) in [6.45, 7) is 0. The molecule has 3 heteroatoms. The second-order valence-corrected chi connectivity index (χ2v) is 3.89. The number of anilines is 1. The molecule has 2 nitrogen and oxygen atoms in total. The fourth-order valence-corrected chi connectivity index (χ4v) is 1.56. The molecule has 2 aromatic rings. The van der Waals surface area contributed by atoms with Gasteiger partial charge in [0.15, 0.2) is 0 Å². The van der Waals surface area contributed by atoms with Crippen LogP contribution in [0, 0.1) is 0 Å². The highest BCUT2D eigenvalue weighted by molar-refractivity contribution is 9.10. The number of aromatic nitrogens is 1. The molecule has 0 aliphatic carbocycles. The highest BCUT2D eigenvalue weighted by Gasteiger charge is 2.00. The van der Waals surface area contributed by atoms with Crippen LogP contribution >= 0.6 is 15.9 Å². The molecule has 0 atom stereocenters. The number of hydrogen-bond donors (Lipinski definition) is 1. The summed E-state index contributed by atoms with van der Waals surface area (Å²) >= 11 is 3.39. The molecular weight excluding hydrogens is 240 g/mol. The van der Waals surface area contributed by atoms with Gasteiger partial charge in [-0.3, -0.25) is 4.98 Å². The summed E-state index contributed by atoms with van der Waals surface area (Å²) in [5, 5.41) is 0. The minimum absolute atomic E-state index is 0.704. The highest BCUT2D eigenvalue weighted by Crippen LogP contribution is 2.25. The Morgan fingerprint density at radius 3 is 2.43 bits per heavy atom. The van der Waals surface area contributed by atoms with E-state index in [0.29, 0.717) is 5.69 Å². The molecule has 0 aliphatic rings. The van der Waals surface area contributed by atoms with Gasteiger partial charge in [0.05, 0.1) is 11.9 Å². The molecule has 2 rings (SSSR count). The van der Waals surface area contributed by atoms with Crippen LogP contribution in [0.1, 0.15) is 0 Å². The molecule has 0 spiro atoms. The minimum atomic E-state index is 0.704. The Bertz CT molecular complexity index is 437. The predicted octanol–water partition coefficient (Wildman–Crippen LogP) is 3.09. The Morgan fingerprint density at radius 1 is 1.07 bits per heavy atom. The van der Waals surface area contributed by atoms with Crippen molar-refractivity contribution in [1.29, 1.82) is 0 Å². The lowest BCUT2D eigenvalue weighted by molar-refractivity contribution is 1.33. The Morgan fingerprint density at radius 2 is 1.79 bits per heavy atom. The van der Waals surface area contributed by atoms with Crippen molar-refractivity contribution < 1.29 is 0 Å². The van der Waals surface area contributed by atoms with Crippen molar-refractivity contribution in [3.63, 3.8) is 0 Å². The van der Waals surface area contributed by atoms with Gasteiger partial charge in [-0.2, -0.15) is 0 Å². The van der Waals surface area contributed by atoms with Gasteiger partial charge in [-0.15, -0.1) is 0 Å². The number of pyridine rings is 1. The van der Waals surface area contributed by atoms with Crippen molar-refractivity contribution in [2.24, 2.45) is 0 Å². The third-order valence-corrected chi connectivity index (χ3v) is 2.54. The summed E-state index contributed by atoms with van der Waals surface area (Å²) in [4.78, 5) is 3.95. The van der Waals surface area contributed by atoms with Crippen molar-refractivity contribution in [2.45, 2.75) is 0 Å². The Balaban J connectivity index is 2.50. The lowest BCUT2D eigenvalue weighted by atomic mass is 10.1. The number of rotatable bonds is 1. The van der Waals surface area contributed by atoms with Crippen LogP contribution in [-0.2, 0) is 0 Å². The molecule has 2 N–H and O–H groups in total. The van der Waals surface area contributed by atoms with Crippen molar-refractivity contribution in [3.05, 3.63) is 47.2 Å². The van der Waals surface area contributed by atoms with E-state index in [1.165, 1.54) is 0 Å². The first kappa shape index (κ1) is 9.21. The van der Waals surface area contributed by atoms with Crippen LogP contribution in [0.5, 0.6) is 0 Å². The Hall–Kier alpha value is -1.35. The van der Waals surface area contributed by atoms with Crippen molar-refractivity contribution in [1.82, 2.24) is 4.98 Å². The van der Waals surface area contributed by atoms with Crippen LogP contribution in [0.3, 0.4) is 0 Å². The molecule has 0 bridgehead atoms. The molecule has 70 valence electrons. The van der Waals surface area contributed by atoms with Crippen molar-refractivity contribution in [3.8, 4) is 11.1 Å². The number of nitrogens with zero attached hydrogens (tertiary/aromatic N) is 1. The van der Waals surface area contributed by atoms with E-state index in [1.807, 2.05) is 30.3 Å². The third kappa shape index (κ3) is 1.77. The van der Waals surface area contributed by atoms with E-state index in [9.17, 15) is 0 Å². The number of nitrogens with two attached hydrogens (primary N) is 1. The predicted molar refractivity (Wildman–Crippen MR) is 61.8 cm³/mol. The maximum atomic E-state index is 5.82. The molecule has 0 aliphatic heterocycles. The van der Waals surface area contributed by atoms with Gasteiger partial charge >= 0.3 is 0 Å². The number of nitrogen functional groups attached to an aromatic ring is 1. The van der Waals surface area contributed by atoms with Gasteiger partial charge in [0, 0.05) is 16.2 Å². The molecule has 0 fully saturated rings. The summed E-state index contributed by atoms with van der Waals surface area (Å²) in [5.74, 6) is 0. The summed E-state index contributed by atoms with van der Waals surface area (Å²) in [6, 6.07) is 9.95. The van der Waals surface area contributed by atoms with Crippen molar-refractivity contribution in [2.75, 3.05) is 5.73 Å². The van der Waals surface area contributed by atoms with Gasteiger partial charge in [-0.25, -0.2) is 0 Å². The van der Waals surface area contributed by atoms with E-state index in [-0.39, 0.29) is 0 Å². The topological polar surface area (TPSA) is 38.9 Å². The molecule has 0 radical (unpaired) electrons. The quantitative estimate of drug-likeness (QED) is 0.843. The molecule has 1 aromatic carbocycles. The number of benzene rings is 1. The minimum Gasteiger partial charge on any atom is -0.397 e. The molecule has 0 unspecified atom stereocenters. The average molecular weight is 249 g/mol. The maximum absolute atomic E-state index is 5.82. The van der Waals surface area contributed by atoms with E-state index in [4.69, 9.17) is 5.73 Å². The first-order chi connectivity index (χ1) is 6.77. The standard InChI is InChI=1S/C11H9BrN2/c12-9-3-1-8(2-4-9)10-5-6-14-7-11(10)13/h1-7H,13H2. The van der Waals surface area contributed by atoms with Crippen LogP contribution in [0.2, 0.25) is 0 Å². The Kier molecular flexibility index (Phi) is 2.50. The fraction of sp³-hybridized carbons (Fsp3) is 0. The molecule has 1 aromatic heterocycles. The van der Waals surface area contributed by atoms with E-state index in [1.54, 1.807) is 12.4 Å². The van der Waals surface area contributed by atoms with Crippen LogP contribution in [-0.4, -0.2) is 4.98 Å². The van der Waals surface area contributed by atoms with E-state index < -0.39 is 0 Å². The number of hydrogen-bond acceptors (Lipinski definition) is 2. The maximum Gasteiger partial charge on any atom is 0.0580 e. The summed E-state index contributed by atoms with van der Waals surface area (Å²) in [6.07, 6.45) is 3.41. The summed E-state index contributed by atoms with van der Waals surface area (Å²) in [7, 11) is 0. The lowest BCUT2D eigenvalue weighted by Gasteiger charge is -2.04. The van der Waals surface area contributed by atoms with Gasteiger partial charge in [0.25, 0.3) is 0 Å². The normalized spacial score (nSPS) is 10.1. The fourth-order valence-electron chi connectivity index (χ4n) is 1.30. The lowest BCUT2D eigenvalue weighted by Crippen LogP contribution is -1.90. The van der Waals surface area contributed by atoms with Crippen LogP contribution in [0.15, 0.2) is 47.2 Å². The first-order valence-electron chi connectivity index (χ1n) is 4.23. The average Bonchev–Trinajstić information content (AvgIpc) is 2.20. The Labute approximate surface area is 90.9 Å². The molecule has 0 saturated heterocycles. The van der Waals surface area contributed by atoms with Crippen LogP contribution < -0.4 is 5.73 Å². The van der Waals surface area contributed by atoms with Gasteiger partial charge < -0.3 is 5.73 Å². The number of halogens is 1. The van der Waals surface area contributed by atoms with E-state index >= 15 is 0 Å². The molecule has 0 saturated carbocycles. The molecule has 0 amide bonds. The van der Waals surface area contributed by atoms with E-state index in [2.05, 4.69) is 20.9 Å². The SMILES string of the molecule is Nc1cnccc1-c1ccc(Br)cc1. The molecular formula is C11H9BrN2. The van der Waals surface area contributed by atoms with Gasteiger partial charge in [0.1, 0.15) is 0 Å². The third-order valence-electron chi connectivity index (χ3n) is 2.01. The van der Waals surface area contributed by atoms with Gasteiger partial charge in [-0.05, 0) is 23.8 Å². The smallest absolute Gasteiger partial charge is 0.0580 e. The van der Waals surface area contributed by atoms with Crippen LogP contribution in [0.4, 0.5) is 5.69 Å².